The van der Waals surface area contributed by atoms with E-state index in [1.165, 1.54) is 6.20 Å². The van der Waals surface area contributed by atoms with E-state index in [4.69, 9.17) is 5.73 Å². The van der Waals surface area contributed by atoms with Crippen LogP contribution in [0, 0.1) is 0 Å². The van der Waals surface area contributed by atoms with Crippen molar-refractivity contribution in [1.29, 1.82) is 0 Å². The molecule has 1 aromatic carbocycles. The first kappa shape index (κ1) is 31.5. The van der Waals surface area contributed by atoms with Gasteiger partial charge in [-0.3, -0.25) is 24.2 Å². The number of aromatic amines is 1. The Kier molecular flexibility index (Phi) is 12.1. The van der Waals surface area contributed by atoms with Crippen LogP contribution in [0.3, 0.4) is 0 Å². The molecule has 0 radical (unpaired) electrons. The molecule has 3 rings (SSSR count). The lowest BCUT2D eigenvalue weighted by atomic mass is 10.1. The lowest BCUT2D eigenvalue weighted by molar-refractivity contribution is -0.122. The molecule has 13 nitrogen and oxygen atoms in total. The predicted molar refractivity (Wildman–Crippen MR) is 161 cm³/mol. The van der Waals surface area contributed by atoms with Crippen LogP contribution in [0.2, 0.25) is 0 Å². The van der Waals surface area contributed by atoms with E-state index in [9.17, 15) is 24.0 Å². The van der Waals surface area contributed by atoms with Crippen LogP contribution in [0.15, 0.2) is 35.3 Å². The SMILES string of the molecule is CC(=O)CCSSCC(C)NC(=O)CCC(C=O)NC(=O)c1ccc(NCc2cnc3nc(N)[nH]c(=O)c3n2)cc1. The fraction of sp³-hybridized carbons (Fsp3) is 0.385. The van der Waals surface area contributed by atoms with Gasteiger partial charge in [-0.2, -0.15) is 4.98 Å². The maximum absolute atomic E-state index is 12.6. The molecule has 218 valence electrons. The summed E-state index contributed by atoms with van der Waals surface area (Å²) in [5.41, 5.74) is 6.82. The molecule has 0 saturated heterocycles. The summed E-state index contributed by atoms with van der Waals surface area (Å²) in [6.07, 6.45) is 2.89. The van der Waals surface area contributed by atoms with Crippen LogP contribution < -0.4 is 27.2 Å². The second-order valence-corrected chi connectivity index (χ2v) is 11.8. The van der Waals surface area contributed by atoms with Gasteiger partial charge in [0.25, 0.3) is 11.5 Å². The summed E-state index contributed by atoms with van der Waals surface area (Å²) in [5, 5.41) is 8.66. The number of hydrogen-bond acceptors (Lipinski definition) is 12. The number of rotatable bonds is 16. The third kappa shape index (κ3) is 10.5. The number of H-pyrrole nitrogens is 1. The zero-order valence-electron chi connectivity index (χ0n) is 22.6. The largest absolute Gasteiger partial charge is 0.379 e. The van der Waals surface area contributed by atoms with Gasteiger partial charge in [-0.1, -0.05) is 21.6 Å². The monoisotopic (exact) mass is 600 g/mol. The predicted octanol–water partition coefficient (Wildman–Crippen LogP) is 1.85. The standard InChI is InChI=1S/C26H32N8O5S2/c1-15(14-41-40-10-9-16(2)36)30-21(37)8-7-19(13-35)32-24(38)17-3-5-18(6-4-17)28-11-20-12-29-23-22(31-20)25(39)34-26(27)33-23/h3-6,12-13,15,19,28H,7-11,14H2,1-2H3,(H,30,37)(H,32,38)(H3,27,29,33,34,39). The van der Waals surface area contributed by atoms with Gasteiger partial charge in [0.05, 0.1) is 24.5 Å². The Labute approximate surface area is 244 Å². The zero-order valence-corrected chi connectivity index (χ0v) is 24.3. The molecule has 2 amide bonds. The fourth-order valence-corrected chi connectivity index (χ4v) is 5.86. The van der Waals surface area contributed by atoms with E-state index in [0.29, 0.717) is 35.4 Å². The molecule has 3 aromatic rings. The first-order valence-corrected chi connectivity index (χ1v) is 15.3. The number of aldehydes is 1. The number of benzene rings is 1. The minimum Gasteiger partial charge on any atom is -0.379 e. The van der Waals surface area contributed by atoms with Gasteiger partial charge in [0.15, 0.2) is 11.2 Å². The molecule has 2 atom stereocenters. The van der Waals surface area contributed by atoms with E-state index in [1.807, 2.05) is 6.92 Å². The maximum atomic E-state index is 12.6. The van der Waals surface area contributed by atoms with Crippen molar-refractivity contribution in [3.8, 4) is 0 Å². The van der Waals surface area contributed by atoms with E-state index in [2.05, 4.69) is 35.9 Å². The fourth-order valence-electron chi connectivity index (χ4n) is 3.48. The first-order chi connectivity index (χ1) is 19.6. The van der Waals surface area contributed by atoms with Crippen LogP contribution in [0.5, 0.6) is 0 Å². The second-order valence-electron chi connectivity index (χ2n) is 9.20. The minimum atomic E-state index is -0.808. The zero-order chi connectivity index (χ0) is 29.8. The molecule has 0 aliphatic heterocycles. The summed E-state index contributed by atoms with van der Waals surface area (Å²) in [5.74, 6) is 0.900. The van der Waals surface area contributed by atoms with Crippen molar-refractivity contribution in [3.05, 3.63) is 52.1 Å². The number of nitrogens with two attached hydrogens (primary N) is 1. The normalized spacial score (nSPS) is 12.3. The number of Topliss-reactive ketones (excluding diaryl/α,β-unsaturated/α-hetero) is 1. The smallest absolute Gasteiger partial charge is 0.280 e. The van der Waals surface area contributed by atoms with E-state index in [-0.39, 0.29) is 54.2 Å². The van der Waals surface area contributed by atoms with Crippen LogP contribution in [-0.4, -0.2) is 67.4 Å². The molecule has 0 bridgehead atoms. The number of nitrogens with zero attached hydrogens (tertiary/aromatic N) is 3. The second kappa shape index (κ2) is 15.7. The number of anilines is 2. The van der Waals surface area contributed by atoms with Crippen molar-refractivity contribution in [2.24, 2.45) is 0 Å². The summed E-state index contributed by atoms with van der Waals surface area (Å²) in [4.78, 5) is 74.1. The highest BCUT2D eigenvalue weighted by molar-refractivity contribution is 8.76. The average Bonchev–Trinajstić information content (AvgIpc) is 2.94. The quantitative estimate of drug-likeness (QED) is 0.0908. The van der Waals surface area contributed by atoms with Crippen molar-refractivity contribution >= 4 is 68.3 Å². The Morgan fingerprint density at radius 2 is 1.85 bits per heavy atom. The molecule has 0 aliphatic rings. The van der Waals surface area contributed by atoms with Crippen molar-refractivity contribution in [1.82, 2.24) is 30.6 Å². The molecule has 6 N–H and O–H groups in total. The molecule has 2 heterocycles. The van der Waals surface area contributed by atoms with Crippen molar-refractivity contribution in [3.63, 3.8) is 0 Å². The Bertz CT molecular complexity index is 1430. The number of aromatic nitrogens is 4. The number of nitrogen functional groups attached to an aromatic ring is 1. The molecule has 41 heavy (non-hydrogen) atoms. The van der Waals surface area contributed by atoms with E-state index < -0.39 is 17.5 Å². The maximum Gasteiger partial charge on any atom is 0.280 e. The molecular formula is C26H32N8O5S2. The van der Waals surface area contributed by atoms with E-state index in [1.54, 1.807) is 52.8 Å². The highest BCUT2D eigenvalue weighted by Gasteiger charge is 2.16. The van der Waals surface area contributed by atoms with Crippen molar-refractivity contribution in [2.75, 3.05) is 22.6 Å². The van der Waals surface area contributed by atoms with E-state index in [0.717, 1.165) is 5.75 Å². The van der Waals surface area contributed by atoms with Gasteiger partial charge in [0, 0.05) is 41.6 Å². The topological polar surface area (TPSA) is 202 Å². The van der Waals surface area contributed by atoms with Gasteiger partial charge in [-0.25, -0.2) is 9.97 Å². The molecule has 15 heteroatoms. The molecule has 0 spiro atoms. The Balaban J connectivity index is 1.42. The summed E-state index contributed by atoms with van der Waals surface area (Å²) in [6.45, 7) is 3.71. The number of fused-ring (bicyclic) bond motifs is 1. The molecule has 2 aromatic heterocycles. The van der Waals surface area contributed by atoms with Crippen molar-refractivity contribution in [2.45, 2.75) is 51.7 Å². The Morgan fingerprint density at radius 3 is 2.56 bits per heavy atom. The summed E-state index contributed by atoms with van der Waals surface area (Å²) in [6, 6.07) is 5.71. The molecule has 0 aliphatic carbocycles. The molecular weight excluding hydrogens is 568 g/mol. The van der Waals surface area contributed by atoms with Gasteiger partial charge in [-0.05, 0) is 44.5 Å². The first-order valence-electron chi connectivity index (χ1n) is 12.8. The van der Waals surface area contributed by atoms with Gasteiger partial charge in [0.2, 0.25) is 11.9 Å². The summed E-state index contributed by atoms with van der Waals surface area (Å²) in [7, 11) is 3.18. The third-order valence-corrected chi connectivity index (χ3v) is 8.20. The van der Waals surface area contributed by atoms with Crippen LogP contribution in [-0.2, 0) is 20.9 Å². The molecule has 0 saturated carbocycles. The summed E-state index contributed by atoms with van der Waals surface area (Å²) >= 11 is 0. The molecule has 0 fully saturated rings. The Morgan fingerprint density at radius 1 is 1.10 bits per heavy atom. The van der Waals surface area contributed by atoms with Gasteiger partial charge >= 0.3 is 0 Å². The highest BCUT2D eigenvalue weighted by Crippen LogP contribution is 2.22. The Hall–Kier alpha value is -3.98. The number of amides is 2. The number of carbonyl (C=O) groups is 4. The number of nitrogens with one attached hydrogen (secondary N) is 4. The number of hydrogen-bond donors (Lipinski definition) is 5. The van der Waals surface area contributed by atoms with Crippen LogP contribution >= 0.6 is 21.6 Å². The van der Waals surface area contributed by atoms with Gasteiger partial charge < -0.3 is 26.5 Å². The van der Waals surface area contributed by atoms with Crippen LogP contribution in [0.4, 0.5) is 11.6 Å². The number of ketones is 1. The average molecular weight is 601 g/mol. The number of carbonyl (C=O) groups excluding carboxylic acids is 4. The lowest BCUT2D eigenvalue weighted by Gasteiger charge is -2.16. The third-order valence-electron chi connectivity index (χ3n) is 5.62. The van der Waals surface area contributed by atoms with Gasteiger partial charge in [0.1, 0.15) is 12.1 Å². The van der Waals surface area contributed by atoms with E-state index >= 15 is 0 Å². The molecule has 2 unspecified atom stereocenters. The van der Waals surface area contributed by atoms with Crippen LogP contribution in [0.1, 0.15) is 49.2 Å². The van der Waals surface area contributed by atoms with Crippen molar-refractivity contribution < 1.29 is 19.2 Å². The highest BCUT2D eigenvalue weighted by atomic mass is 33.1. The summed E-state index contributed by atoms with van der Waals surface area (Å²) < 4.78 is 0. The minimum absolute atomic E-state index is 0.0365. The lowest BCUT2D eigenvalue weighted by Crippen LogP contribution is -2.38. The van der Waals surface area contributed by atoms with Crippen LogP contribution in [0.25, 0.3) is 11.2 Å². The van der Waals surface area contributed by atoms with Gasteiger partial charge in [-0.15, -0.1) is 0 Å².